The summed E-state index contributed by atoms with van der Waals surface area (Å²) in [6.07, 6.45) is 4.96. The molecule has 4 nitrogen and oxygen atoms in total. The van der Waals surface area contributed by atoms with Crippen LogP contribution in [0.5, 0.6) is 0 Å². The first-order chi connectivity index (χ1) is 25.8. The summed E-state index contributed by atoms with van der Waals surface area (Å²) in [4.78, 5) is 0. The number of nitrogens with zero attached hydrogens (tertiary/aromatic N) is 4. The van der Waals surface area contributed by atoms with E-state index in [1.165, 1.54) is 47.9 Å². The van der Waals surface area contributed by atoms with Gasteiger partial charge in [-0.05, 0) is 65.5 Å². The number of para-hydroxylation sites is 4. The van der Waals surface area contributed by atoms with Crippen LogP contribution >= 0.6 is 31.7 Å². The largest absolute Gasteiger partial charge is 0.380 e. The predicted octanol–water partition coefficient (Wildman–Crippen LogP) is 14.8. The number of hydrogen-bond acceptors (Lipinski definition) is 4. The van der Waals surface area contributed by atoms with Gasteiger partial charge in [-0.25, -0.2) is 0 Å². The van der Waals surface area contributed by atoms with Crippen LogP contribution in [0.1, 0.15) is 166 Å². The Hall–Kier alpha value is -0.206. The lowest BCUT2D eigenvalue weighted by atomic mass is 10.2. The van der Waals surface area contributed by atoms with Gasteiger partial charge in [0.15, 0.2) is 0 Å². The van der Waals surface area contributed by atoms with E-state index in [1.54, 1.807) is 0 Å². The van der Waals surface area contributed by atoms with Crippen LogP contribution in [0, 0.1) is 0 Å². The maximum atomic E-state index is 2.82. The molecule has 0 saturated carbocycles. The standard InChI is InChI=1S/2C24H46N2P2Si/c2*1-21(2,3)27(22(4,5)6)17-25-19-15-13-14-16-20(19)26(29-25)18-28(23(7,8)9)24(10,11)12/h2*13-16H,17-18,29H2,1-12H3. The smallest absolute Gasteiger partial charge is 0.231 e. The third-order valence-corrected chi connectivity index (χ3v) is 32.1. The summed E-state index contributed by atoms with van der Waals surface area (Å²) in [7, 11) is -1.50. The van der Waals surface area contributed by atoms with Crippen molar-refractivity contribution in [2.45, 2.75) is 207 Å². The average Bonchev–Trinajstić information content (AvgIpc) is 3.53. The van der Waals surface area contributed by atoms with E-state index in [2.05, 4.69) is 233 Å². The Morgan fingerprint density at radius 1 is 0.293 bits per heavy atom. The van der Waals surface area contributed by atoms with Crippen LogP contribution in [0.4, 0.5) is 22.7 Å². The van der Waals surface area contributed by atoms with Gasteiger partial charge in [-0.3, -0.25) is 0 Å². The summed E-state index contributed by atoms with van der Waals surface area (Å²) in [5, 5.41) is 2.95. The maximum absolute atomic E-state index is 2.82. The molecule has 0 fully saturated rings. The molecule has 0 amide bonds. The quantitative estimate of drug-likeness (QED) is 0.193. The van der Waals surface area contributed by atoms with Crippen LogP contribution in [0.2, 0.25) is 0 Å². The summed E-state index contributed by atoms with van der Waals surface area (Å²) < 4.78 is 11.3. The topological polar surface area (TPSA) is 13.0 Å². The Bertz CT molecular complexity index is 1330. The molecule has 0 N–H and O–H groups in total. The van der Waals surface area contributed by atoms with Gasteiger partial charge in [0.25, 0.3) is 0 Å². The minimum atomic E-state index is -0.501. The summed E-state index contributed by atoms with van der Waals surface area (Å²) in [6.45, 7) is 58.8. The lowest BCUT2D eigenvalue weighted by Gasteiger charge is -2.45. The lowest BCUT2D eigenvalue weighted by Crippen LogP contribution is -2.41. The lowest BCUT2D eigenvalue weighted by molar-refractivity contribution is 0.702. The molecule has 2 aliphatic heterocycles. The Labute approximate surface area is 371 Å². The molecule has 0 saturated heterocycles. The fourth-order valence-corrected chi connectivity index (χ4v) is 29.4. The third kappa shape index (κ3) is 13.9. The predicted molar refractivity (Wildman–Crippen MR) is 285 cm³/mol. The second kappa shape index (κ2) is 18.5. The van der Waals surface area contributed by atoms with Crippen LogP contribution in [0.3, 0.4) is 0 Å². The van der Waals surface area contributed by atoms with Crippen molar-refractivity contribution in [3.63, 3.8) is 0 Å². The van der Waals surface area contributed by atoms with Crippen molar-refractivity contribution in [2.75, 3.05) is 43.4 Å². The molecule has 0 bridgehead atoms. The second-order valence-corrected chi connectivity index (χ2v) is 44.0. The number of anilines is 4. The van der Waals surface area contributed by atoms with E-state index in [9.17, 15) is 0 Å². The highest BCUT2D eigenvalue weighted by Gasteiger charge is 2.43. The first-order valence-electron chi connectivity index (χ1n) is 22.1. The zero-order valence-electron chi connectivity index (χ0n) is 42.4. The molecule has 4 rings (SSSR count). The Balaban J connectivity index is 0.000000310. The highest BCUT2D eigenvalue weighted by Crippen LogP contribution is 2.64. The van der Waals surface area contributed by atoms with Gasteiger partial charge in [-0.1, -0.05) is 222 Å². The van der Waals surface area contributed by atoms with Gasteiger partial charge in [0.05, 0.1) is 22.7 Å². The van der Waals surface area contributed by atoms with Gasteiger partial charge in [0.1, 0.15) is 0 Å². The van der Waals surface area contributed by atoms with Crippen LogP contribution in [-0.4, -0.2) is 86.1 Å². The fraction of sp³-hybridized carbons (Fsp3) is 0.750. The summed E-state index contributed by atoms with van der Waals surface area (Å²) in [5.74, 6) is 0. The molecule has 2 aliphatic rings. The van der Waals surface area contributed by atoms with E-state index in [1.807, 2.05) is 0 Å². The van der Waals surface area contributed by atoms with Crippen molar-refractivity contribution < 1.29 is 0 Å². The SMILES string of the molecule is CC(C)(C)P(CN1[SiH2]N(CP(C(C)(C)C)C(C)(C)C)c2ccccc21)C(C)(C)C.CC(C)(C)P(CN1[SiH2]N(CP(C(C)(C)C)C(C)(C)C)c2ccccc21)C(C)(C)C. The Morgan fingerprint density at radius 2 is 0.431 bits per heavy atom. The van der Waals surface area contributed by atoms with Crippen LogP contribution in [0.25, 0.3) is 0 Å². The normalized spacial score (nSPS) is 16.2. The van der Waals surface area contributed by atoms with E-state index in [0.717, 1.165) is 0 Å². The second-order valence-electron chi connectivity index (χ2n) is 25.1. The summed E-state index contributed by atoms with van der Waals surface area (Å²) in [5.41, 5.74) is 5.99. The van der Waals surface area contributed by atoms with Crippen LogP contribution in [0.15, 0.2) is 48.5 Å². The molecule has 10 heteroatoms. The fourth-order valence-electron chi connectivity index (χ4n) is 9.60. The Morgan fingerprint density at radius 3 is 0.552 bits per heavy atom. The van der Waals surface area contributed by atoms with Gasteiger partial charge in [0, 0.05) is 25.1 Å². The van der Waals surface area contributed by atoms with Gasteiger partial charge >= 0.3 is 0 Å². The first-order valence-corrected chi connectivity index (χ1v) is 30.8. The van der Waals surface area contributed by atoms with Gasteiger partial charge in [-0.2, -0.15) is 0 Å². The minimum Gasteiger partial charge on any atom is -0.380 e. The zero-order chi connectivity index (χ0) is 44.8. The molecular weight excluding hydrogens is 813 g/mol. The van der Waals surface area contributed by atoms with E-state index in [4.69, 9.17) is 0 Å². The van der Waals surface area contributed by atoms with Gasteiger partial charge in [-0.15, -0.1) is 0 Å². The Kier molecular flexibility index (Phi) is 16.6. The first kappa shape index (κ1) is 52.1. The van der Waals surface area contributed by atoms with E-state index in [0.29, 0.717) is 41.2 Å². The number of rotatable bonds is 8. The molecular formula is C48H92N4P4Si2. The number of hydrogen-bond donors (Lipinski definition) is 0. The van der Waals surface area contributed by atoms with Gasteiger partial charge in [0.2, 0.25) is 19.7 Å². The molecule has 0 aliphatic carbocycles. The number of benzene rings is 2. The van der Waals surface area contributed by atoms with Crippen LogP contribution < -0.4 is 18.3 Å². The molecule has 0 unspecified atom stereocenters. The molecule has 2 aromatic rings. The minimum absolute atomic E-state index is 0.124. The molecule has 0 aromatic heterocycles. The number of fused-ring (bicyclic) bond motifs is 2. The van der Waals surface area contributed by atoms with Crippen molar-refractivity contribution >= 4 is 74.1 Å². The molecule has 2 heterocycles. The zero-order valence-corrected chi connectivity index (χ0v) is 48.8. The van der Waals surface area contributed by atoms with Crippen molar-refractivity contribution in [1.29, 1.82) is 0 Å². The average molecular weight is 905 g/mol. The highest BCUT2D eigenvalue weighted by molar-refractivity contribution is 7.62. The van der Waals surface area contributed by atoms with Gasteiger partial charge < -0.3 is 18.3 Å². The van der Waals surface area contributed by atoms with Crippen LogP contribution in [-0.2, 0) is 0 Å². The van der Waals surface area contributed by atoms with E-state index in [-0.39, 0.29) is 31.7 Å². The van der Waals surface area contributed by atoms with Crippen molar-refractivity contribution in [3.05, 3.63) is 48.5 Å². The van der Waals surface area contributed by atoms with Crippen molar-refractivity contribution in [2.24, 2.45) is 0 Å². The van der Waals surface area contributed by atoms with E-state index < -0.39 is 19.7 Å². The monoisotopic (exact) mass is 905 g/mol. The molecule has 0 radical (unpaired) electrons. The molecule has 58 heavy (non-hydrogen) atoms. The summed E-state index contributed by atoms with van der Waals surface area (Å²) in [6, 6.07) is 18.4. The molecule has 332 valence electrons. The highest BCUT2D eigenvalue weighted by atomic mass is 31.1. The van der Waals surface area contributed by atoms with E-state index >= 15 is 0 Å². The third-order valence-electron chi connectivity index (χ3n) is 11.5. The molecule has 0 spiro atoms. The van der Waals surface area contributed by atoms with Crippen molar-refractivity contribution in [3.8, 4) is 0 Å². The van der Waals surface area contributed by atoms with Crippen molar-refractivity contribution in [1.82, 2.24) is 0 Å². The molecule has 0 atom stereocenters. The summed E-state index contributed by atoms with van der Waals surface area (Å²) >= 11 is 0. The molecule has 2 aromatic carbocycles. The maximum Gasteiger partial charge on any atom is 0.231 e.